The van der Waals surface area contributed by atoms with Gasteiger partial charge in [-0.15, -0.1) is 0 Å². The molecule has 0 saturated heterocycles. The van der Waals surface area contributed by atoms with Crippen molar-refractivity contribution in [1.82, 2.24) is 0 Å². The fourth-order valence-corrected chi connectivity index (χ4v) is 1.27. The van der Waals surface area contributed by atoms with Crippen molar-refractivity contribution < 1.29 is 9.50 Å². The molecule has 0 aliphatic heterocycles. The Bertz CT molecular complexity index is 340. The molecule has 0 amide bonds. The van der Waals surface area contributed by atoms with E-state index in [-0.39, 0.29) is 11.9 Å². The summed E-state index contributed by atoms with van der Waals surface area (Å²) in [6.45, 7) is 4.03. The van der Waals surface area contributed by atoms with Crippen LogP contribution in [0.15, 0.2) is 12.1 Å². The van der Waals surface area contributed by atoms with Crippen molar-refractivity contribution in [2.75, 3.05) is 17.6 Å². The van der Waals surface area contributed by atoms with E-state index in [0.717, 1.165) is 5.69 Å². The van der Waals surface area contributed by atoms with Crippen LogP contribution >= 0.6 is 0 Å². The summed E-state index contributed by atoms with van der Waals surface area (Å²) >= 11 is 0. The van der Waals surface area contributed by atoms with Crippen LogP contribution < -0.4 is 11.1 Å². The highest BCUT2D eigenvalue weighted by Crippen LogP contribution is 2.22. The van der Waals surface area contributed by atoms with Gasteiger partial charge in [-0.2, -0.15) is 0 Å². The fraction of sp³-hybridized carbons (Fsp3) is 0.455. The van der Waals surface area contributed by atoms with Gasteiger partial charge < -0.3 is 16.2 Å². The Kier molecular flexibility index (Phi) is 3.91. The number of hydrogen-bond acceptors (Lipinski definition) is 3. The quantitative estimate of drug-likeness (QED) is 0.668. The summed E-state index contributed by atoms with van der Waals surface area (Å²) < 4.78 is 13.1. The number of halogens is 1. The van der Waals surface area contributed by atoms with Crippen molar-refractivity contribution in [2.24, 2.45) is 0 Å². The highest BCUT2D eigenvalue weighted by Gasteiger charge is 2.04. The van der Waals surface area contributed by atoms with Crippen molar-refractivity contribution in [1.29, 1.82) is 0 Å². The van der Waals surface area contributed by atoms with Gasteiger partial charge in [-0.05, 0) is 38.0 Å². The van der Waals surface area contributed by atoms with Crippen LogP contribution in [0.3, 0.4) is 0 Å². The van der Waals surface area contributed by atoms with Gasteiger partial charge in [0, 0.05) is 6.54 Å². The molecule has 0 radical (unpaired) electrons. The third-order valence-electron chi connectivity index (χ3n) is 2.21. The van der Waals surface area contributed by atoms with E-state index in [4.69, 9.17) is 10.8 Å². The molecule has 1 aromatic carbocycles. The Morgan fingerprint density at radius 1 is 1.53 bits per heavy atom. The van der Waals surface area contributed by atoms with Gasteiger partial charge in [-0.1, -0.05) is 0 Å². The maximum atomic E-state index is 13.1. The molecule has 0 spiro atoms. The number of nitrogens with two attached hydrogens (primary N) is 1. The normalized spacial score (nSPS) is 12.5. The van der Waals surface area contributed by atoms with E-state index in [1.807, 2.05) is 0 Å². The van der Waals surface area contributed by atoms with E-state index < -0.39 is 0 Å². The highest BCUT2D eigenvalue weighted by molar-refractivity contribution is 5.67. The summed E-state index contributed by atoms with van der Waals surface area (Å²) in [6.07, 6.45) is 0.288. The summed E-state index contributed by atoms with van der Waals surface area (Å²) in [7, 11) is 0. The van der Waals surface area contributed by atoms with Crippen molar-refractivity contribution in [2.45, 2.75) is 26.4 Å². The number of nitrogen functional groups attached to an aromatic ring is 1. The molecule has 0 heterocycles. The molecule has 1 unspecified atom stereocenters. The predicted molar refractivity (Wildman–Crippen MR) is 60.3 cm³/mol. The first-order valence-corrected chi connectivity index (χ1v) is 4.98. The molecule has 84 valence electrons. The van der Waals surface area contributed by atoms with Gasteiger partial charge in [0.2, 0.25) is 0 Å². The van der Waals surface area contributed by atoms with Crippen LogP contribution in [-0.4, -0.2) is 17.8 Å². The average Bonchev–Trinajstić information content (AvgIpc) is 2.13. The number of aliphatic hydroxyl groups is 1. The summed E-state index contributed by atoms with van der Waals surface area (Å²) in [5.74, 6) is -0.298. The van der Waals surface area contributed by atoms with Crippen LogP contribution in [0.25, 0.3) is 0 Å². The van der Waals surface area contributed by atoms with E-state index in [9.17, 15) is 4.39 Å². The average molecular weight is 212 g/mol. The van der Waals surface area contributed by atoms with E-state index in [1.165, 1.54) is 6.07 Å². The molecule has 0 saturated carbocycles. The summed E-state index contributed by atoms with van der Waals surface area (Å²) in [5.41, 5.74) is 7.31. The van der Waals surface area contributed by atoms with E-state index in [0.29, 0.717) is 24.2 Å². The van der Waals surface area contributed by atoms with Gasteiger partial charge in [0.15, 0.2) is 0 Å². The maximum Gasteiger partial charge on any atom is 0.128 e. The zero-order valence-electron chi connectivity index (χ0n) is 9.05. The lowest BCUT2D eigenvalue weighted by Gasteiger charge is -2.11. The molecule has 3 nitrogen and oxygen atoms in total. The molecule has 4 N–H and O–H groups in total. The van der Waals surface area contributed by atoms with Crippen molar-refractivity contribution in [3.8, 4) is 0 Å². The Morgan fingerprint density at radius 3 is 2.80 bits per heavy atom. The zero-order valence-corrected chi connectivity index (χ0v) is 9.05. The molecule has 1 rings (SSSR count). The minimum atomic E-state index is -0.347. The molecular formula is C11H17FN2O. The summed E-state index contributed by atoms with van der Waals surface area (Å²) in [6, 6.07) is 2.98. The first kappa shape index (κ1) is 11.8. The third kappa shape index (κ3) is 3.40. The first-order chi connectivity index (χ1) is 7.00. The predicted octanol–water partition coefficient (Wildman–Crippen LogP) is 1.90. The molecule has 0 aliphatic rings. The smallest absolute Gasteiger partial charge is 0.128 e. The van der Waals surface area contributed by atoms with Gasteiger partial charge in [0.05, 0.1) is 17.5 Å². The topological polar surface area (TPSA) is 58.3 Å². The lowest BCUT2D eigenvalue weighted by Crippen LogP contribution is -2.11. The summed E-state index contributed by atoms with van der Waals surface area (Å²) in [5, 5.41) is 12.1. The van der Waals surface area contributed by atoms with Crippen LogP contribution in [0.2, 0.25) is 0 Å². The lowest BCUT2D eigenvalue weighted by atomic mass is 10.1. The molecule has 4 heteroatoms. The van der Waals surface area contributed by atoms with Gasteiger partial charge in [-0.25, -0.2) is 4.39 Å². The Balaban J connectivity index is 2.65. The summed E-state index contributed by atoms with van der Waals surface area (Å²) in [4.78, 5) is 0. The molecule has 0 bridgehead atoms. The number of anilines is 2. The number of hydrogen-bond donors (Lipinski definition) is 3. The number of aliphatic hydroxyl groups excluding tert-OH is 1. The minimum absolute atomic E-state index is 0.298. The Hall–Kier alpha value is -1.29. The molecule has 0 aliphatic carbocycles. The van der Waals surface area contributed by atoms with Gasteiger partial charge in [-0.3, -0.25) is 0 Å². The van der Waals surface area contributed by atoms with Crippen LogP contribution in [0.5, 0.6) is 0 Å². The standard InChI is InChI=1S/C11H17FN2O/c1-7-5-11(10(13)6-9(7)12)14-4-3-8(2)15/h5-6,8,14-15H,3-4,13H2,1-2H3. The third-order valence-corrected chi connectivity index (χ3v) is 2.21. The van der Waals surface area contributed by atoms with Crippen LogP contribution in [-0.2, 0) is 0 Å². The highest BCUT2D eigenvalue weighted by atomic mass is 19.1. The zero-order chi connectivity index (χ0) is 11.4. The number of rotatable bonds is 4. The second-order valence-corrected chi connectivity index (χ2v) is 3.75. The van der Waals surface area contributed by atoms with Crippen molar-refractivity contribution in [3.63, 3.8) is 0 Å². The second-order valence-electron chi connectivity index (χ2n) is 3.75. The molecule has 1 aromatic rings. The van der Waals surface area contributed by atoms with E-state index in [1.54, 1.807) is 19.9 Å². The van der Waals surface area contributed by atoms with Crippen LogP contribution in [0, 0.1) is 12.7 Å². The van der Waals surface area contributed by atoms with Crippen LogP contribution in [0.1, 0.15) is 18.9 Å². The van der Waals surface area contributed by atoms with Crippen LogP contribution in [0.4, 0.5) is 15.8 Å². The Morgan fingerprint density at radius 2 is 2.20 bits per heavy atom. The number of aryl methyl sites for hydroxylation is 1. The van der Waals surface area contributed by atoms with Crippen molar-refractivity contribution >= 4 is 11.4 Å². The molecule has 0 aromatic heterocycles. The SMILES string of the molecule is Cc1cc(NCCC(C)O)c(N)cc1F. The Labute approximate surface area is 89.1 Å². The molecule has 15 heavy (non-hydrogen) atoms. The molecule has 1 atom stereocenters. The molecule has 0 fully saturated rings. The fourth-order valence-electron chi connectivity index (χ4n) is 1.27. The first-order valence-electron chi connectivity index (χ1n) is 4.98. The van der Waals surface area contributed by atoms with Gasteiger partial charge >= 0.3 is 0 Å². The monoisotopic (exact) mass is 212 g/mol. The number of nitrogens with one attached hydrogen (secondary N) is 1. The van der Waals surface area contributed by atoms with Gasteiger partial charge in [0.25, 0.3) is 0 Å². The van der Waals surface area contributed by atoms with E-state index >= 15 is 0 Å². The van der Waals surface area contributed by atoms with Gasteiger partial charge in [0.1, 0.15) is 5.82 Å². The second kappa shape index (κ2) is 4.98. The van der Waals surface area contributed by atoms with E-state index in [2.05, 4.69) is 5.32 Å². The molecular weight excluding hydrogens is 195 g/mol. The number of benzene rings is 1. The maximum absolute atomic E-state index is 13.1. The lowest BCUT2D eigenvalue weighted by molar-refractivity contribution is 0.189. The van der Waals surface area contributed by atoms with Crippen molar-refractivity contribution in [3.05, 3.63) is 23.5 Å². The largest absolute Gasteiger partial charge is 0.397 e. The minimum Gasteiger partial charge on any atom is -0.397 e.